The van der Waals surface area contributed by atoms with Crippen LogP contribution in [0.3, 0.4) is 0 Å². The molecule has 1 saturated heterocycles. The van der Waals surface area contributed by atoms with E-state index in [0.717, 1.165) is 53.4 Å². The van der Waals surface area contributed by atoms with Crippen LogP contribution >= 0.6 is 11.6 Å². The van der Waals surface area contributed by atoms with E-state index in [1.54, 1.807) is 11.8 Å². The van der Waals surface area contributed by atoms with Crippen molar-refractivity contribution in [3.63, 3.8) is 0 Å². The normalized spacial score (nSPS) is 15.5. The molecule has 3 heterocycles. The van der Waals surface area contributed by atoms with E-state index >= 15 is 0 Å². The molecule has 1 N–H and O–H groups in total. The van der Waals surface area contributed by atoms with Crippen LogP contribution in [0.25, 0.3) is 10.9 Å². The van der Waals surface area contributed by atoms with E-state index in [4.69, 9.17) is 16.3 Å². The number of methoxy groups -OCH3 is 1. The number of benzene rings is 2. The van der Waals surface area contributed by atoms with Crippen molar-refractivity contribution < 1.29 is 4.74 Å². The summed E-state index contributed by atoms with van der Waals surface area (Å²) >= 11 is 6.29. The Bertz CT molecular complexity index is 1430. The van der Waals surface area contributed by atoms with E-state index in [1.807, 2.05) is 49.4 Å². The number of aryl methyl sites for hydroxylation is 2. The summed E-state index contributed by atoms with van der Waals surface area (Å²) < 4.78 is 7.00. The molecule has 1 aliphatic rings. The van der Waals surface area contributed by atoms with E-state index in [0.29, 0.717) is 24.5 Å². The van der Waals surface area contributed by atoms with Gasteiger partial charge in [-0.25, -0.2) is 4.68 Å². The highest BCUT2D eigenvalue weighted by Crippen LogP contribution is 2.31. The van der Waals surface area contributed by atoms with Gasteiger partial charge in [0.1, 0.15) is 6.04 Å². The molecule has 0 aliphatic carbocycles. The van der Waals surface area contributed by atoms with Crippen molar-refractivity contribution in [3.05, 3.63) is 80.4 Å². The molecular formula is C26H30ClN7O2. The number of aromatic nitrogens is 5. The number of hydrogen-bond acceptors (Lipinski definition) is 7. The van der Waals surface area contributed by atoms with Gasteiger partial charge in [0.05, 0.1) is 18.7 Å². The fraction of sp³-hybridized carbons (Fsp3) is 0.385. The number of nitrogens with one attached hydrogen (secondary N) is 1. The minimum Gasteiger partial charge on any atom is -0.383 e. The van der Waals surface area contributed by atoms with Crippen LogP contribution in [-0.2, 0) is 11.3 Å². The molecule has 2 aromatic carbocycles. The van der Waals surface area contributed by atoms with Gasteiger partial charge in [0.2, 0.25) is 0 Å². The number of aromatic amines is 1. The van der Waals surface area contributed by atoms with Gasteiger partial charge in [0, 0.05) is 49.6 Å². The summed E-state index contributed by atoms with van der Waals surface area (Å²) in [5.41, 5.74) is 4.72. The van der Waals surface area contributed by atoms with Crippen molar-refractivity contribution in [2.24, 2.45) is 0 Å². The smallest absolute Gasteiger partial charge is 0.253 e. The highest BCUT2D eigenvalue weighted by Gasteiger charge is 2.33. The maximum Gasteiger partial charge on any atom is 0.253 e. The van der Waals surface area contributed by atoms with Crippen LogP contribution in [0.15, 0.2) is 47.3 Å². The van der Waals surface area contributed by atoms with Crippen LogP contribution in [0.1, 0.15) is 28.6 Å². The summed E-state index contributed by atoms with van der Waals surface area (Å²) in [6, 6.07) is 13.6. The van der Waals surface area contributed by atoms with Gasteiger partial charge in [0.25, 0.3) is 5.56 Å². The van der Waals surface area contributed by atoms with Gasteiger partial charge < -0.3 is 14.6 Å². The molecule has 1 fully saturated rings. The summed E-state index contributed by atoms with van der Waals surface area (Å²) in [4.78, 5) is 21.2. The standard InChI is InChI=1S/C26H30ClN7O2/c1-17-7-8-20(27)16-22(17)32-9-11-33(12-10-32)24(25-29-30-31-34(25)13-14-36-3)21-15-19-6-4-5-18(2)23(19)28-26(21)35/h4-8,15-16,24H,9-14H2,1-3H3,(H,28,35)/t24-/m1/s1. The largest absolute Gasteiger partial charge is 0.383 e. The van der Waals surface area contributed by atoms with Crippen LogP contribution in [-0.4, -0.2) is 70.0 Å². The monoisotopic (exact) mass is 507 g/mol. The molecule has 0 bridgehead atoms. The SMILES string of the molecule is COCCn1nnnc1[C@@H](c1cc2cccc(C)c2[nH]c1=O)N1CCN(c2cc(Cl)ccc2C)CC1. The summed E-state index contributed by atoms with van der Waals surface area (Å²) in [6.45, 7) is 8.13. The van der Waals surface area contributed by atoms with Gasteiger partial charge >= 0.3 is 0 Å². The van der Waals surface area contributed by atoms with Crippen LogP contribution in [0, 0.1) is 13.8 Å². The number of H-pyrrole nitrogens is 1. The zero-order valence-electron chi connectivity index (χ0n) is 20.7. The van der Waals surface area contributed by atoms with E-state index in [-0.39, 0.29) is 5.56 Å². The number of halogens is 1. The Morgan fingerprint density at radius 2 is 1.89 bits per heavy atom. The Labute approximate surface area is 214 Å². The summed E-state index contributed by atoms with van der Waals surface area (Å²) in [7, 11) is 1.65. The summed E-state index contributed by atoms with van der Waals surface area (Å²) in [6.07, 6.45) is 0. The van der Waals surface area contributed by atoms with Gasteiger partial charge in [0.15, 0.2) is 5.82 Å². The number of nitrogens with zero attached hydrogens (tertiary/aromatic N) is 6. The van der Waals surface area contributed by atoms with Crippen LogP contribution in [0.5, 0.6) is 0 Å². The molecule has 1 aliphatic heterocycles. The molecule has 1 atom stereocenters. The molecule has 2 aromatic heterocycles. The van der Waals surface area contributed by atoms with Crippen molar-refractivity contribution in [1.82, 2.24) is 30.1 Å². The average Bonchev–Trinajstić information content (AvgIpc) is 3.34. The highest BCUT2D eigenvalue weighted by molar-refractivity contribution is 6.30. The topological polar surface area (TPSA) is 92.2 Å². The first kappa shape index (κ1) is 24.4. The van der Waals surface area contributed by atoms with Crippen LogP contribution in [0.2, 0.25) is 5.02 Å². The Hall–Kier alpha value is -3.27. The summed E-state index contributed by atoms with van der Waals surface area (Å²) in [5.74, 6) is 0.636. The third kappa shape index (κ3) is 4.74. The molecule has 9 nitrogen and oxygen atoms in total. The number of rotatable bonds is 7. The second kappa shape index (κ2) is 10.4. The van der Waals surface area contributed by atoms with Crippen molar-refractivity contribution in [2.45, 2.75) is 26.4 Å². The third-order valence-corrected chi connectivity index (χ3v) is 7.15. The average molecular weight is 508 g/mol. The van der Waals surface area contributed by atoms with Crippen molar-refractivity contribution >= 4 is 28.2 Å². The quantitative estimate of drug-likeness (QED) is 0.410. The number of tetrazole rings is 1. The predicted molar refractivity (Wildman–Crippen MR) is 141 cm³/mol. The number of para-hydroxylation sites is 1. The number of ether oxygens (including phenoxy) is 1. The number of anilines is 1. The van der Waals surface area contributed by atoms with Crippen molar-refractivity contribution in [3.8, 4) is 0 Å². The molecule has 4 aromatic rings. The lowest BCUT2D eigenvalue weighted by atomic mass is 10.0. The molecular weight excluding hydrogens is 478 g/mol. The first-order valence-corrected chi connectivity index (χ1v) is 12.5. The van der Waals surface area contributed by atoms with Gasteiger partial charge in [-0.2, -0.15) is 0 Å². The van der Waals surface area contributed by atoms with Gasteiger partial charge in [-0.1, -0.05) is 35.9 Å². The molecule has 0 unspecified atom stereocenters. The molecule has 10 heteroatoms. The molecule has 36 heavy (non-hydrogen) atoms. The zero-order valence-corrected chi connectivity index (χ0v) is 21.5. The first-order chi connectivity index (χ1) is 17.5. The van der Waals surface area contributed by atoms with Crippen molar-refractivity contribution in [2.75, 3.05) is 44.8 Å². The predicted octanol–water partition coefficient (Wildman–Crippen LogP) is 3.34. The minimum absolute atomic E-state index is 0.129. The number of fused-ring (bicyclic) bond motifs is 1. The molecule has 0 amide bonds. The first-order valence-electron chi connectivity index (χ1n) is 12.1. The fourth-order valence-electron chi connectivity index (χ4n) is 4.99. The number of pyridine rings is 1. The van der Waals surface area contributed by atoms with Gasteiger partial charge in [-0.3, -0.25) is 9.69 Å². The lowest BCUT2D eigenvalue weighted by Crippen LogP contribution is -2.49. The number of piperazine rings is 1. The Morgan fingerprint density at radius 3 is 2.67 bits per heavy atom. The molecule has 0 saturated carbocycles. The maximum absolute atomic E-state index is 13.4. The van der Waals surface area contributed by atoms with Gasteiger partial charge in [-0.05, 0) is 59.0 Å². The Morgan fingerprint density at radius 1 is 1.08 bits per heavy atom. The molecule has 5 rings (SSSR count). The molecule has 188 valence electrons. The van der Waals surface area contributed by atoms with E-state index in [1.165, 1.54) is 5.56 Å². The second-order valence-corrected chi connectivity index (χ2v) is 9.64. The van der Waals surface area contributed by atoms with Crippen molar-refractivity contribution in [1.29, 1.82) is 0 Å². The lowest BCUT2D eigenvalue weighted by molar-refractivity contribution is 0.171. The van der Waals surface area contributed by atoms with Crippen LogP contribution in [0.4, 0.5) is 5.69 Å². The Balaban J connectivity index is 1.52. The van der Waals surface area contributed by atoms with Gasteiger partial charge in [-0.15, -0.1) is 5.10 Å². The number of hydrogen-bond donors (Lipinski definition) is 1. The van der Waals surface area contributed by atoms with E-state index in [2.05, 4.69) is 37.2 Å². The zero-order chi connectivity index (χ0) is 25.2. The fourth-order valence-corrected chi connectivity index (χ4v) is 5.16. The maximum atomic E-state index is 13.4. The van der Waals surface area contributed by atoms with Crippen LogP contribution < -0.4 is 10.5 Å². The molecule has 0 radical (unpaired) electrons. The molecule has 0 spiro atoms. The van der Waals surface area contributed by atoms with E-state index < -0.39 is 6.04 Å². The minimum atomic E-state index is -0.395. The summed E-state index contributed by atoms with van der Waals surface area (Å²) in [5, 5.41) is 14.2. The lowest BCUT2D eigenvalue weighted by Gasteiger charge is -2.40. The third-order valence-electron chi connectivity index (χ3n) is 6.91. The Kier molecular flexibility index (Phi) is 7.04. The highest BCUT2D eigenvalue weighted by atomic mass is 35.5. The second-order valence-electron chi connectivity index (χ2n) is 9.20. The van der Waals surface area contributed by atoms with E-state index in [9.17, 15) is 4.79 Å².